The number of hydrogen-bond acceptors (Lipinski definition) is 2. The predicted molar refractivity (Wildman–Crippen MR) is 55.4 cm³/mol. The van der Waals surface area contributed by atoms with Crippen LogP contribution in [0.2, 0.25) is 10.0 Å². The van der Waals surface area contributed by atoms with E-state index in [2.05, 4.69) is 5.16 Å². The van der Waals surface area contributed by atoms with Gasteiger partial charge in [0.05, 0.1) is 5.56 Å². The average molecular weight is 272 g/mol. The number of benzene rings is 1. The van der Waals surface area contributed by atoms with Crippen LogP contribution in [-0.2, 0) is 12.6 Å². The van der Waals surface area contributed by atoms with Crippen molar-refractivity contribution in [1.82, 2.24) is 0 Å². The van der Waals surface area contributed by atoms with Crippen LogP contribution in [0.1, 0.15) is 11.1 Å². The minimum atomic E-state index is -4.49. The normalized spacial score (nSPS) is 12.3. The van der Waals surface area contributed by atoms with Crippen LogP contribution in [-0.4, -0.2) is 11.4 Å². The van der Waals surface area contributed by atoms with Gasteiger partial charge >= 0.3 is 6.18 Å². The predicted octanol–water partition coefficient (Wildman–Crippen LogP) is 4.01. The maximum atomic E-state index is 12.3. The van der Waals surface area contributed by atoms with Crippen molar-refractivity contribution >= 4 is 29.4 Å². The lowest BCUT2D eigenvalue weighted by atomic mass is 10.1. The zero-order valence-corrected chi connectivity index (χ0v) is 9.24. The van der Waals surface area contributed by atoms with Crippen molar-refractivity contribution < 1.29 is 18.4 Å². The van der Waals surface area contributed by atoms with Gasteiger partial charge in [0.1, 0.15) is 0 Å². The molecule has 2 nitrogen and oxygen atoms in total. The first kappa shape index (κ1) is 13.1. The molecule has 1 N–H and O–H groups in total. The summed E-state index contributed by atoms with van der Waals surface area (Å²) in [5, 5.41) is 10.7. The zero-order chi connectivity index (χ0) is 12.3. The summed E-state index contributed by atoms with van der Waals surface area (Å²) in [6, 6.07) is 1.57. The summed E-state index contributed by atoms with van der Waals surface area (Å²) in [4.78, 5) is 0. The summed E-state index contributed by atoms with van der Waals surface area (Å²) in [5.41, 5.74) is -0.624. The Morgan fingerprint density at radius 2 is 1.75 bits per heavy atom. The maximum Gasteiger partial charge on any atom is 0.416 e. The van der Waals surface area contributed by atoms with Crippen LogP contribution >= 0.6 is 23.2 Å². The first-order valence-corrected chi connectivity index (χ1v) is 4.83. The molecule has 0 aliphatic rings. The van der Waals surface area contributed by atoms with Gasteiger partial charge in [-0.05, 0) is 17.7 Å². The SMILES string of the molecule is ON=CCc1c(Cl)cc(C(F)(F)F)cc1Cl. The maximum absolute atomic E-state index is 12.3. The van der Waals surface area contributed by atoms with Crippen LogP contribution in [0, 0.1) is 0 Å². The third-order valence-corrected chi connectivity index (χ3v) is 2.52. The fraction of sp³-hybridized carbons (Fsp3) is 0.222. The molecule has 0 spiro atoms. The quantitative estimate of drug-likeness (QED) is 0.492. The van der Waals surface area contributed by atoms with Crippen molar-refractivity contribution in [2.75, 3.05) is 0 Å². The second-order valence-electron chi connectivity index (χ2n) is 2.92. The van der Waals surface area contributed by atoms with Crippen molar-refractivity contribution in [1.29, 1.82) is 0 Å². The molecule has 0 aromatic heterocycles. The standard InChI is InChI=1S/C9H6Cl2F3NO/c10-7-3-5(9(12,13)14)4-8(11)6(7)1-2-15-16/h2-4,16H,1H2. The Kier molecular flexibility index (Phi) is 4.04. The molecule has 16 heavy (non-hydrogen) atoms. The molecule has 1 aromatic carbocycles. The topological polar surface area (TPSA) is 32.6 Å². The van der Waals surface area contributed by atoms with Gasteiger partial charge in [-0.25, -0.2) is 0 Å². The van der Waals surface area contributed by atoms with Crippen LogP contribution in [0.3, 0.4) is 0 Å². The molecule has 0 fully saturated rings. The molecule has 0 aliphatic carbocycles. The van der Waals surface area contributed by atoms with Gasteiger partial charge in [-0.1, -0.05) is 23.2 Å². The molecular weight excluding hydrogens is 266 g/mol. The largest absolute Gasteiger partial charge is 0.416 e. The van der Waals surface area contributed by atoms with E-state index in [0.29, 0.717) is 0 Å². The van der Waals surface area contributed by atoms with E-state index in [1.165, 1.54) is 0 Å². The molecule has 0 atom stereocenters. The van der Waals surface area contributed by atoms with E-state index in [9.17, 15) is 13.2 Å². The number of nitrogens with zero attached hydrogens (tertiary/aromatic N) is 1. The Bertz CT molecular complexity index is 395. The molecule has 1 aromatic rings. The molecule has 7 heteroatoms. The molecule has 0 aliphatic heterocycles. The monoisotopic (exact) mass is 271 g/mol. The molecule has 88 valence electrons. The van der Waals surface area contributed by atoms with Crippen LogP contribution in [0.4, 0.5) is 13.2 Å². The first-order valence-electron chi connectivity index (χ1n) is 4.07. The van der Waals surface area contributed by atoms with Crippen molar-refractivity contribution in [3.63, 3.8) is 0 Å². The summed E-state index contributed by atoms with van der Waals surface area (Å²) >= 11 is 11.3. The lowest BCUT2D eigenvalue weighted by Gasteiger charge is -2.10. The van der Waals surface area contributed by atoms with Gasteiger partial charge < -0.3 is 5.21 Å². The molecule has 0 unspecified atom stereocenters. The molecule has 1 rings (SSSR count). The van der Waals surface area contributed by atoms with E-state index >= 15 is 0 Å². The van der Waals surface area contributed by atoms with E-state index in [1.54, 1.807) is 0 Å². The van der Waals surface area contributed by atoms with Crippen molar-refractivity contribution in [2.24, 2.45) is 5.16 Å². The Balaban J connectivity index is 3.17. The molecular formula is C9H6Cl2F3NO. The Morgan fingerprint density at radius 3 is 2.12 bits per heavy atom. The van der Waals surface area contributed by atoms with Crippen LogP contribution in [0.15, 0.2) is 17.3 Å². The molecule has 0 radical (unpaired) electrons. The Hall–Kier alpha value is -0.940. The minimum Gasteiger partial charge on any atom is -0.411 e. The molecule has 0 heterocycles. The summed E-state index contributed by atoms with van der Waals surface area (Å²) < 4.78 is 37.0. The van der Waals surface area contributed by atoms with Crippen molar-refractivity contribution in [3.05, 3.63) is 33.3 Å². The number of oxime groups is 1. The zero-order valence-electron chi connectivity index (χ0n) is 7.72. The van der Waals surface area contributed by atoms with E-state index in [-0.39, 0.29) is 22.0 Å². The van der Waals surface area contributed by atoms with E-state index in [4.69, 9.17) is 28.4 Å². The Labute approximate surface area is 99.3 Å². The number of hydrogen-bond donors (Lipinski definition) is 1. The van der Waals surface area contributed by atoms with Crippen LogP contribution in [0.5, 0.6) is 0 Å². The lowest BCUT2D eigenvalue weighted by Crippen LogP contribution is -2.06. The fourth-order valence-corrected chi connectivity index (χ4v) is 1.74. The average Bonchev–Trinajstić information content (AvgIpc) is 2.15. The first-order chi connectivity index (χ1) is 7.36. The molecule has 0 amide bonds. The highest BCUT2D eigenvalue weighted by Crippen LogP contribution is 2.35. The smallest absolute Gasteiger partial charge is 0.411 e. The highest BCUT2D eigenvalue weighted by Gasteiger charge is 2.31. The van der Waals surface area contributed by atoms with E-state index in [0.717, 1.165) is 18.3 Å². The van der Waals surface area contributed by atoms with Gasteiger partial charge in [0.2, 0.25) is 0 Å². The molecule has 0 bridgehead atoms. The Morgan fingerprint density at radius 1 is 1.25 bits per heavy atom. The highest BCUT2D eigenvalue weighted by molar-refractivity contribution is 6.36. The molecule has 0 saturated carbocycles. The molecule has 0 saturated heterocycles. The summed E-state index contributed by atoms with van der Waals surface area (Å²) in [6.07, 6.45) is -3.34. The second-order valence-corrected chi connectivity index (χ2v) is 3.73. The lowest BCUT2D eigenvalue weighted by molar-refractivity contribution is -0.137. The second kappa shape index (κ2) is 4.93. The van der Waals surface area contributed by atoms with Gasteiger partial charge in [-0.15, -0.1) is 5.16 Å². The third-order valence-electron chi connectivity index (χ3n) is 1.85. The minimum absolute atomic E-state index is 0.0618. The van der Waals surface area contributed by atoms with Crippen LogP contribution < -0.4 is 0 Å². The summed E-state index contributed by atoms with van der Waals surface area (Å²) in [5.74, 6) is 0. The highest BCUT2D eigenvalue weighted by atomic mass is 35.5. The fourth-order valence-electron chi connectivity index (χ4n) is 1.09. The number of alkyl halides is 3. The van der Waals surface area contributed by atoms with E-state index in [1.807, 2.05) is 0 Å². The van der Waals surface area contributed by atoms with Gasteiger partial charge in [0, 0.05) is 22.7 Å². The van der Waals surface area contributed by atoms with Gasteiger partial charge in [0.25, 0.3) is 0 Å². The van der Waals surface area contributed by atoms with Gasteiger partial charge in [0.15, 0.2) is 0 Å². The van der Waals surface area contributed by atoms with Crippen molar-refractivity contribution in [3.8, 4) is 0 Å². The third kappa shape index (κ3) is 3.02. The van der Waals surface area contributed by atoms with Gasteiger partial charge in [-0.3, -0.25) is 0 Å². The van der Waals surface area contributed by atoms with Gasteiger partial charge in [-0.2, -0.15) is 13.2 Å². The number of halogens is 5. The van der Waals surface area contributed by atoms with E-state index < -0.39 is 11.7 Å². The number of rotatable bonds is 2. The van der Waals surface area contributed by atoms with Crippen LogP contribution in [0.25, 0.3) is 0 Å². The van der Waals surface area contributed by atoms with Crippen molar-refractivity contribution in [2.45, 2.75) is 12.6 Å². The summed E-state index contributed by atoms with van der Waals surface area (Å²) in [6.45, 7) is 0. The summed E-state index contributed by atoms with van der Waals surface area (Å²) in [7, 11) is 0.